The Morgan fingerprint density at radius 2 is 1.97 bits per heavy atom. The van der Waals surface area contributed by atoms with Gasteiger partial charge in [-0.3, -0.25) is 14.2 Å². The molecule has 0 aliphatic rings. The number of hydrogen-bond donors (Lipinski definition) is 3. The van der Waals surface area contributed by atoms with Crippen molar-refractivity contribution in [3.8, 4) is 17.1 Å². The number of nitrogen functional groups attached to an aromatic ring is 1. The monoisotopic (exact) mass is 534 g/mol. The number of nitrogens with two attached hydrogens (primary N) is 1. The summed E-state index contributed by atoms with van der Waals surface area (Å²) in [7, 11) is 1.39. The summed E-state index contributed by atoms with van der Waals surface area (Å²) in [5, 5.41) is 7.87. The predicted octanol–water partition coefficient (Wildman–Crippen LogP) is 2.97. The Hall–Kier alpha value is -4.56. The number of hydrogen-bond acceptors (Lipinski definition) is 9. The molecule has 0 saturated carbocycles. The maximum absolute atomic E-state index is 14.9. The molecule has 0 bridgehead atoms. The van der Waals surface area contributed by atoms with E-state index in [0.717, 1.165) is 12.3 Å². The summed E-state index contributed by atoms with van der Waals surface area (Å²) in [5.74, 6) is -0.493. The number of fused-ring (bicyclic) bond motifs is 1. The standard InChI is InChI=1S/C23H22F4N8O3/c1-11(32-16-8-31-34-21(36)18(16)23(25,26)27)4-3-5-35-10-30-15-7-12(14(24)6-13(15)22(35)37)20-29-9-17(38-2)19(28)33-20/h6-11H,3-5H2,1-2H3,(H2,28,29,33)(H2,32,34,36)/t11-/m0/s1. The first-order valence-electron chi connectivity index (χ1n) is 11.3. The summed E-state index contributed by atoms with van der Waals surface area (Å²) in [6.07, 6.45) is -0.637. The van der Waals surface area contributed by atoms with Crippen molar-refractivity contribution in [1.82, 2.24) is 29.7 Å². The molecule has 1 aromatic carbocycles. The Morgan fingerprint density at radius 3 is 2.66 bits per heavy atom. The van der Waals surface area contributed by atoms with Crippen LogP contribution >= 0.6 is 0 Å². The molecule has 0 amide bonds. The molecular weight excluding hydrogens is 512 g/mol. The largest absolute Gasteiger partial charge is 0.491 e. The van der Waals surface area contributed by atoms with E-state index in [0.29, 0.717) is 12.8 Å². The van der Waals surface area contributed by atoms with Gasteiger partial charge in [-0.25, -0.2) is 24.4 Å². The molecule has 15 heteroatoms. The van der Waals surface area contributed by atoms with Gasteiger partial charge in [0.15, 0.2) is 17.4 Å². The van der Waals surface area contributed by atoms with Crippen LogP contribution < -0.4 is 26.9 Å². The van der Waals surface area contributed by atoms with Crippen molar-refractivity contribution in [2.24, 2.45) is 0 Å². The van der Waals surface area contributed by atoms with E-state index >= 15 is 0 Å². The van der Waals surface area contributed by atoms with Gasteiger partial charge in [0.25, 0.3) is 11.1 Å². The number of benzene rings is 1. The third-order valence-corrected chi connectivity index (χ3v) is 5.73. The van der Waals surface area contributed by atoms with Gasteiger partial charge in [0.2, 0.25) is 0 Å². The lowest BCUT2D eigenvalue weighted by atomic mass is 10.1. The first-order valence-corrected chi connectivity index (χ1v) is 11.3. The van der Waals surface area contributed by atoms with Gasteiger partial charge in [0.05, 0.1) is 48.0 Å². The third-order valence-electron chi connectivity index (χ3n) is 5.73. The molecular formula is C23H22F4N8O3. The van der Waals surface area contributed by atoms with Crippen LogP contribution in [0.4, 0.5) is 29.1 Å². The highest BCUT2D eigenvalue weighted by atomic mass is 19.4. The number of nitrogens with one attached hydrogen (secondary N) is 2. The fraction of sp³-hybridized carbons (Fsp3) is 0.304. The Kier molecular flexibility index (Phi) is 7.28. The summed E-state index contributed by atoms with van der Waals surface area (Å²) in [6.45, 7) is 1.81. The third kappa shape index (κ3) is 5.40. The highest BCUT2D eigenvalue weighted by molar-refractivity contribution is 5.82. The number of ether oxygens (including phenoxy) is 1. The Balaban J connectivity index is 1.48. The van der Waals surface area contributed by atoms with Crippen LogP contribution in [-0.2, 0) is 12.7 Å². The highest BCUT2D eigenvalue weighted by Crippen LogP contribution is 2.32. The number of alkyl halides is 3. The van der Waals surface area contributed by atoms with Crippen LogP contribution in [0.15, 0.2) is 40.4 Å². The van der Waals surface area contributed by atoms with Gasteiger partial charge in [-0.15, -0.1) is 0 Å². The molecule has 0 saturated heterocycles. The topological polar surface area (TPSA) is 154 Å². The number of aryl methyl sites for hydroxylation is 1. The van der Waals surface area contributed by atoms with Crippen LogP contribution in [0.5, 0.6) is 5.75 Å². The van der Waals surface area contributed by atoms with Crippen molar-refractivity contribution in [2.75, 3.05) is 18.2 Å². The van der Waals surface area contributed by atoms with Crippen molar-refractivity contribution in [1.29, 1.82) is 0 Å². The summed E-state index contributed by atoms with van der Waals surface area (Å²) in [5.41, 5.74) is 2.36. The molecule has 200 valence electrons. The molecule has 0 radical (unpaired) electrons. The second-order valence-corrected chi connectivity index (χ2v) is 8.41. The predicted molar refractivity (Wildman–Crippen MR) is 130 cm³/mol. The summed E-state index contributed by atoms with van der Waals surface area (Å²) < 4.78 is 60.9. The van der Waals surface area contributed by atoms with E-state index in [2.05, 4.69) is 25.4 Å². The van der Waals surface area contributed by atoms with Crippen LogP contribution in [-0.4, -0.2) is 42.9 Å². The van der Waals surface area contributed by atoms with E-state index < -0.39 is 40.4 Å². The molecule has 3 heterocycles. The average molecular weight is 534 g/mol. The number of methoxy groups -OCH3 is 1. The summed E-state index contributed by atoms with van der Waals surface area (Å²) >= 11 is 0. The average Bonchev–Trinajstić information content (AvgIpc) is 2.84. The zero-order chi connectivity index (χ0) is 27.6. The fourth-order valence-electron chi connectivity index (χ4n) is 3.88. The molecule has 0 aliphatic carbocycles. The van der Waals surface area contributed by atoms with Crippen LogP contribution in [0.2, 0.25) is 0 Å². The van der Waals surface area contributed by atoms with Gasteiger partial charge in [-0.2, -0.15) is 18.3 Å². The molecule has 11 nitrogen and oxygen atoms in total. The zero-order valence-corrected chi connectivity index (χ0v) is 20.1. The number of nitrogens with zero attached hydrogens (tertiary/aromatic N) is 5. The second kappa shape index (κ2) is 10.4. The maximum atomic E-state index is 14.9. The Morgan fingerprint density at radius 1 is 1.21 bits per heavy atom. The van der Waals surface area contributed by atoms with Crippen molar-refractivity contribution in [2.45, 2.75) is 38.5 Å². The van der Waals surface area contributed by atoms with Crippen LogP contribution in [0.1, 0.15) is 25.3 Å². The van der Waals surface area contributed by atoms with Gasteiger partial charge < -0.3 is 15.8 Å². The number of anilines is 2. The molecule has 0 unspecified atom stereocenters. The van der Waals surface area contributed by atoms with Crippen LogP contribution in [0.25, 0.3) is 22.3 Å². The van der Waals surface area contributed by atoms with E-state index in [1.54, 1.807) is 12.0 Å². The maximum Gasteiger partial charge on any atom is 0.423 e. The van der Waals surface area contributed by atoms with Crippen molar-refractivity contribution < 1.29 is 22.3 Å². The lowest BCUT2D eigenvalue weighted by molar-refractivity contribution is -0.138. The molecule has 0 fully saturated rings. The summed E-state index contributed by atoms with van der Waals surface area (Å²) in [4.78, 5) is 36.8. The first kappa shape index (κ1) is 26.5. The van der Waals surface area contributed by atoms with E-state index in [1.807, 2.05) is 0 Å². The Bertz CT molecular complexity index is 1600. The first-order chi connectivity index (χ1) is 18.0. The normalized spacial score (nSPS) is 12.5. The molecule has 0 aliphatic heterocycles. The number of rotatable bonds is 8. The van der Waals surface area contributed by atoms with Gasteiger partial charge >= 0.3 is 6.18 Å². The smallest absolute Gasteiger partial charge is 0.423 e. The van der Waals surface area contributed by atoms with Crippen molar-refractivity contribution >= 4 is 22.4 Å². The number of aromatic amines is 1. The molecule has 4 rings (SSSR count). The number of halogens is 4. The fourth-order valence-corrected chi connectivity index (χ4v) is 3.88. The molecule has 4 aromatic rings. The molecule has 38 heavy (non-hydrogen) atoms. The molecule has 0 spiro atoms. The van der Waals surface area contributed by atoms with Gasteiger partial charge in [-0.1, -0.05) is 0 Å². The molecule has 1 atom stereocenters. The van der Waals surface area contributed by atoms with E-state index in [9.17, 15) is 27.2 Å². The summed E-state index contributed by atoms with van der Waals surface area (Å²) in [6, 6.07) is 1.90. The van der Waals surface area contributed by atoms with Gasteiger partial charge in [0, 0.05) is 12.6 Å². The zero-order valence-electron chi connectivity index (χ0n) is 20.1. The van der Waals surface area contributed by atoms with Gasteiger partial charge in [0.1, 0.15) is 11.4 Å². The minimum atomic E-state index is -4.86. The Labute approximate surface area is 211 Å². The minimum Gasteiger partial charge on any atom is -0.491 e. The number of H-pyrrole nitrogens is 1. The molecule has 3 aromatic heterocycles. The number of aromatic nitrogens is 6. The van der Waals surface area contributed by atoms with E-state index in [1.165, 1.54) is 30.3 Å². The van der Waals surface area contributed by atoms with Crippen LogP contribution in [0.3, 0.4) is 0 Å². The molecule has 4 N–H and O–H groups in total. The van der Waals surface area contributed by atoms with Crippen LogP contribution in [0, 0.1) is 5.82 Å². The quantitative estimate of drug-likeness (QED) is 0.290. The van der Waals surface area contributed by atoms with E-state index in [-0.39, 0.29) is 40.4 Å². The minimum absolute atomic E-state index is 0.000506. The SMILES string of the molecule is COc1cnc(-c2cc3ncn(CCC[C@H](C)Nc4cn[nH]c(=O)c4C(F)(F)F)c(=O)c3cc2F)nc1N. The van der Waals surface area contributed by atoms with E-state index in [4.69, 9.17) is 10.5 Å². The van der Waals surface area contributed by atoms with Gasteiger partial charge in [-0.05, 0) is 31.9 Å². The lowest BCUT2D eigenvalue weighted by Gasteiger charge is -2.18. The van der Waals surface area contributed by atoms with Crippen molar-refractivity contribution in [3.63, 3.8) is 0 Å². The van der Waals surface area contributed by atoms with Crippen molar-refractivity contribution in [3.05, 3.63) is 62.9 Å². The lowest BCUT2D eigenvalue weighted by Crippen LogP contribution is -2.27. The second-order valence-electron chi connectivity index (χ2n) is 8.41. The highest BCUT2D eigenvalue weighted by Gasteiger charge is 2.37.